The van der Waals surface area contributed by atoms with E-state index in [1.54, 1.807) is 4.68 Å². The molecule has 2 aromatic rings. The Bertz CT molecular complexity index is 641. The summed E-state index contributed by atoms with van der Waals surface area (Å²) in [6.45, 7) is 4.24. The van der Waals surface area contributed by atoms with Gasteiger partial charge in [-0.3, -0.25) is 4.68 Å². The zero-order valence-corrected chi connectivity index (χ0v) is 16.7. The average molecular weight is 448 g/mol. The fourth-order valence-corrected chi connectivity index (χ4v) is 2.39. The fourth-order valence-electron chi connectivity index (χ4n) is 2.17. The smallest absolute Gasteiger partial charge is 0.194 e. The molecule has 0 saturated heterocycles. The maximum atomic E-state index is 6.04. The third-order valence-electron chi connectivity index (χ3n) is 3.17. The van der Waals surface area contributed by atoms with Crippen molar-refractivity contribution in [3.63, 3.8) is 0 Å². The van der Waals surface area contributed by atoms with Crippen LogP contribution in [0.25, 0.3) is 0 Å². The van der Waals surface area contributed by atoms with Crippen LogP contribution in [-0.4, -0.2) is 34.2 Å². The van der Waals surface area contributed by atoms with Gasteiger partial charge in [0.2, 0.25) is 0 Å². The van der Waals surface area contributed by atoms with Crippen LogP contribution in [0.5, 0.6) is 0 Å². The number of nitrogens with zero attached hydrogens (tertiary/aromatic N) is 4. The minimum atomic E-state index is 0. The number of aromatic nitrogens is 2. The van der Waals surface area contributed by atoms with Gasteiger partial charge < -0.3 is 10.2 Å². The lowest BCUT2D eigenvalue weighted by Gasteiger charge is -2.22. The summed E-state index contributed by atoms with van der Waals surface area (Å²) in [7, 11) is 3.93. The van der Waals surface area contributed by atoms with Crippen LogP contribution >= 0.6 is 35.6 Å². The molecule has 0 bridgehead atoms. The number of halogens is 2. The first kappa shape index (κ1) is 19.8. The molecule has 0 unspecified atom stereocenters. The van der Waals surface area contributed by atoms with Gasteiger partial charge in [0.05, 0.1) is 12.7 Å². The lowest BCUT2D eigenvalue weighted by Crippen LogP contribution is -2.38. The molecule has 0 aliphatic heterocycles. The molecular formula is C16H23ClIN5. The highest BCUT2D eigenvalue weighted by Gasteiger charge is 2.07. The molecule has 0 radical (unpaired) electrons. The second kappa shape index (κ2) is 9.77. The number of rotatable bonds is 5. The summed E-state index contributed by atoms with van der Waals surface area (Å²) in [6, 6.07) is 7.88. The third kappa shape index (κ3) is 6.39. The van der Waals surface area contributed by atoms with Gasteiger partial charge in [0, 0.05) is 44.0 Å². The zero-order chi connectivity index (χ0) is 15.9. The van der Waals surface area contributed by atoms with Crippen LogP contribution in [0.4, 0.5) is 0 Å². The van der Waals surface area contributed by atoms with E-state index in [1.165, 1.54) is 0 Å². The maximum Gasteiger partial charge on any atom is 0.194 e. The standard InChI is InChI=1S/C16H22ClN5.HI/c1-4-18-16(19-9-14-10-20-22(3)12-14)21(2)11-13-6-5-7-15(17)8-13;/h5-8,10,12H,4,9,11H2,1-3H3,(H,18,19);1H. The van der Waals surface area contributed by atoms with Crippen LogP contribution in [0, 0.1) is 0 Å². The summed E-state index contributed by atoms with van der Waals surface area (Å²) in [5, 5.41) is 8.22. The van der Waals surface area contributed by atoms with Gasteiger partial charge in [-0.15, -0.1) is 24.0 Å². The van der Waals surface area contributed by atoms with Gasteiger partial charge in [-0.2, -0.15) is 5.10 Å². The molecule has 1 aromatic carbocycles. The highest BCUT2D eigenvalue weighted by Crippen LogP contribution is 2.12. The van der Waals surface area contributed by atoms with Gasteiger partial charge in [-0.05, 0) is 24.6 Å². The van der Waals surface area contributed by atoms with Crippen molar-refractivity contribution >= 4 is 41.5 Å². The Morgan fingerprint density at radius 1 is 1.39 bits per heavy atom. The van der Waals surface area contributed by atoms with Crippen molar-refractivity contribution in [2.75, 3.05) is 13.6 Å². The van der Waals surface area contributed by atoms with Crippen LogP contribution in [0.15, 0.2) is 41.7 Å². The Morgan fingerprint density at radius 3 is 2.78 bits per heavy atom. The molecule has 0 saturated carbocycles. The molecule has 23 heavy (non-hydrogen) atoms. The maximum absolute atomic E-state index is 6.04. The van der Waals surface area contributed by atoms with E-state index in [2.05, 4.69) is 33.3 Å². The topological polar surface area (TPSA) is 45.5 Å². The summed E-state index contributed by atoms with van der Waals surface area (Å²) in [5.41, 5.74) is 2.25. The van der Waals surface area contributed by atoms with Crippen molar-refractivity contribution in [2.45, 2.75) is 20.0 Å². The first-order chi connectivity index (χ1) is 10.6. The van der Waals surface area contributed by atoms with Gasteiger partial charge in [-0.25, -0.2) is 4.99 Å². The van der Waals surface area contributed by atoms with Crippen molar-refractivity contribution in [2.24, 2.45) is 12.0 Å². The fraction of sp³-hybridized carbons (Fsp3) is 0.375. The van der Waals surface area contributed by atoms with Crippen molar-refractivity contribution in [1.29, 1.82) is 0 Å². The predicted octanol–water partition coefficient (Wildman–Crippen LogP) is 3.29. The first-order valence-corrected chi connectivity index (χ1v) is 7.67. The first-order valence-electron chi connectivity index (χ1n) is 7.30. The van der Waals surface area contributed by atoms with Crippen molar-refractivity contribution < 1.29 is 0 Å². The molecule has 0 fully saturated rings. The van der Waals surface area contributed by atoms with Gasteiger partial charge in [0.25, 0.3) is 0 Å². The SMILES string of the molecule is CCNC(=NCc1cnn(C)c1)N(C)Cc1cccc(Cl)c1.I. The monoisotopic (exact) mass is 447 g/mol. The Labute approximate surface area is 159 Å². The lowest BCUT2D eigenvalue weighted by atomic mass is 10.2. The van der Waals surface area contributed by atoms with E-state index in [4.69, 9.17) is 11.6 Å². The molecule has 1 heterocycles. The van der Waals surface area contributed by atoms with E-state index in [9.17, 15) is 0 Å². The van der Waals surface area contributed by atoms with E-state index in [-0.39, 0.29) is 24.0 Å². The number of aryl methyl sites for hydroxylation is 1. The van der Waals surface area contributed by atoms with Crippen LogP contribution in [0.3, 0.4) is 0 Å². The van der Waals surface area contributed by atoms with Crippen molar-refractivity contribution in [3.8, 4) is 0 Å². The summed E-state index contributed by atoms with van der Waals surface area (Å²) in [4.78, 5) is 6.75. The van der Waals surface area contributed by atoms with Crippen LogP contribution < -0.4 is 5.32 Å². The van der Waals surface area contributed by atoms with Crippen molar-refractivity contribution in [1.82, 2.24) is 20.0 Å². The molecule has 0 aliphatic carbocycles. The van der Waals surface area contributed by atoms with Crippen LogP contribution in [0.1, 0.15) is 18.1 Å². The van der Waals surface area contributed by atoms with Gasteiger partial charge in [0.15, 0.2) is 5.96 Å². The Morgan fingerprint density at radius 2 is 2.17 bits per heavy atom. The summed E-state index contributed by atoms with van der Waals surface area (Å²) < 4.78 is 1.79. The van der Waals surface area contributed by atoms with E-state index in [0.717, 1.165) is 35.2 Å². The second-order valence-electron chi connectivity index (χ2n) is 5.18. The van der Waals surface area contributed by atoms with Crippen LogP contribution in [0.2, 0.25) is 5.02 Å². The largest absolute Gasteiger partial charge is 0.357 e. The Kier molecular flexibility index (Phi) is 8.40. The minimum Gasteiger partial charge on any atom is -0.357 e. The van der Waals surface area contributed by atoms with E-state index in [1.807, 2.05) is 44.7 Å². The highest BCUT2D eigenvalue weighted by molar-refractivity contribution is 14.0. The van der Waals surface area contributed by atoms with E-state index < -0.39 is 0 Å². The van der Waals surface area contributed by atoms with Gasteiger partial charge in [0.1, 0.15) is 0 Å². The molecular weight excluding hydrogens is 425 g/mol. The molecule has 0 atom stereocenters. The van der Waals surface area contributed by atoms with Crippen LogP contribution in [-0.2, 0) is 20.1 Å². The van der Waals surface area contributed by atoms with Crippen molar-refractivity contribution in [3.05, 3.63) is 52.8 Å². The number of hydrogen-bond donors (Lipinski definition) is 1. The molecule has 5 nitrogen and oxygen atoms in total. The average Bonchev–Trinajstić information content (AvgIpc) is 2.89. The molecule has 2 rings (SSSR count). The molecule has 1 N–H and O–H groups in total. The van der Waals surface area contributed by atoms with Gasteiger partial charge >= 0.3 is 0 Å². The summed E-state index contributed by atoms with van der Waals surface area (Å²) in [6.07, 6.45) is 3.81. The predicted molar refractivity (Wildman–Crippen MR) is 106 cm³/mol. The lowest BCUT2D eigenvalue weighted by molar-refractivity contribution is 0.477. The highest BCUT2D eigenvalue weighted by atomic mass is 127. The van der Waals surface area contributed by atoms with E-state index >= 15 is 0 Å². The quantitative estimate of drug-likeness (QED) is 0.435. The molecule has 0 aliphatic rings. The molecule has 0 spiro atoms. The molecule has 7 heteroatoms. The second-order valence-corrected chi connectivity index (χ2v) is 5.61. The normalized spacial score (nSPS) is 11.0. The third-order valence-corrected chi connectivity index (χ3v) is 3.41. The molecule has 0 amide bonds. The molecule has 126 valence electrons. The number of nitrogens with one attached hydrogen (secondary N) is 1. The summed E-state index contributed by atoms with van der Waals surface area (Å²) >= 11 is 6.04. The molecule has 1 aromatic heterocycles. The Hall–Kier alpha value is -1.28. The number of guanidine groups is 1. The Balaban J connectivity index is 0.00000264. The van der Waals surface area contributed by atoms with E-state index in [0.29, 0.717) is 6.54 Å². The number of benzene rings is 1. The number of hydrogen-bond acceptors (Lipinski definition) is 2. The van der Waals surface area contributed by atoms with Gasteiger partial charge in [-0.1, -0.05) is 23.7 Å². The zero-order valence-electron chi connectivity index (χ0n) is 13.7. The minimum absolute atomic E-state index is 0. The summed E-state index contributed by atoms with van der Waals surface area (Å²) in [5.74, 6) is 0.867. The number of aliphatic imine (C=N–C) groups is 1.